The molecule has 7 heteroatoms. The molecule has 7 nitrogen and oxygen atoms in total. The van der Waals surface area contributed by atoms with Gasteiger partial charge in [0.2, 0.25) is 0 Å². The molecule has 0 bridgehead atoms. The highest BCUT2D eigenvalue weighted by Crippen LogP contribution is 2.25. The van der Waals surface area contributed by atoms with Crippen LogP contribution in [0.1, 0.15) is 72.6 Å². The predicted octanol–water partition coefficient (Wildman–Crippen LogP) is 4.27. The maximum atomic E-state index is 11.8. The molecule has 0 aliphatic carbocycles. The van der Waals surface area contributed by atoms with Crippen molar-refractivity contribution in [3.63, 3.8) is 0 Å². The summed E-state index contributed by atoms with van der Waals surface area (Å²) < 4.78 is 0.240. The van der Waals surface area contributed by atoms with Crippen LogP contribution >= 0.6 is 0 Å². The number of aliphatic carboxylic acids is 3. The quantitative estimate of drug-likeness (QED) is 0.171. The van der Waals surface area contributed by atoms with Crippen molar-refractivity contribution in [2.75, 3.05) is 26.2 Å². The molecule has 0 aromatic rings. The van der Waals surface area contributed by atoms with Crippen molar-refractivity contribution in [1.82, 2.24) is 0 Å². The van der Waals surface area contributed by atoms with Gasteiger partial charge in [-0.15, -0.1) is 0 Å². The Hall–Kier alpha value is -1.89. The van der Waals surface area contributed by atoms with Crippen molar-refractivity contribution < 1.29 is 34.2 Å². The molecule has 0 saturated heterocycles. The van der Waals surface area contributed by atoms with Crippen molar-refractivity contribution in [2.45, 2.75) is 72.6 Å². The molecule has 30 heavy (non-hydrogen) atoms. The van der Waals surface area contributed by atoms with Crippen molar-refractivity contribution in [3.8, 4) is 0 Å². The third-order valence-corrected chi connectivity index (χ3v) is 6.09. The lowest BCUT2D eigenvalue weighted by atomic mass is 9.95. The zero-order valence-corrected chi connectivity index (χ0v) is 19.2. The number of hydrogen-bond donors (Lipinski definition) is 3. The van der Waals surface area contributed by atoms with E-state index in [4.69, 9.17) is 0 Å². The maximum Gasteiger partial charge on any atom is 0.312 e. The van der Waals surface area contributed by atoms with Gasteiger partial charge >= 0.3 is 17.9 Å². The minimum atomic E-state index is -0.903. The van der Waals surface area contributed by atoms with Crippen molar-refractivity contribution >= 4 is 17.9 Å². The molecule has 3 unspecified atom stereocenters. The Balaban J connectivity index is 5.84. The first-order chi connectivity index (χ1) is 14.2. The molecule has 0 amide bonds. The van der Waals surface area contributed by atoms with E-state index in [9.17, 15) is 29.7 Å². The molecule has 0 rings (SSSR count). The van der Waals surface area contributed by atoms with Gasteiger partial charge < -0.3 is 19.8 Å². The van der Waals surface area contributed by atoms with Gasteiger partial charge in [0.05, 0.1) is 26.2 Å². The molecule has 0 aromatic heterocycles. The number of hydrogen-bond acceptors (Lipinski definition) is 3. The average molecular weight is 429 g/mol. The lowest BCUT2D eigenvalue weighted by Crippen LogP contribution is -2.58. The summed E-state index contributed by atoms with van der Waals surface area (Å²) in [6.07, 6.45) is 9.17. The predicted molar refractivity (Wildman–Crippen MR) is 117 cm³/mol. The van der Waals surface area contributed by atoms with Crippen molar-refractivity contribution in [3.05, 3.63) is 12.2 Å². The largest absolute Gasteiger partial charge is 0.481 e. The first-order valence-corrected chi connectivity index (χ1v) is 11.3. The molecule has 174 valence electrons. The summed E-state index contributed by atoms with van der Waals surface area (Å²) in [5, 5.41) is 29.0. The highest BCUT2D eigenvalue weighted by atomic mass is 16.4. The van der Waals surface area contributed by atoms with E-state index in [1.807, 2.05) is 33.8 Å². The zero-order chi connectivity index (χ0) is 23.2. The van der Waals surface area contributed by atoms with Crippen molar-refractivity contribution in [2.24, 2.45) is 17.8 Å². The van der Waals surface area contributed by atoms with Crippen LogP contribution in [0.25, 0.3) is 0 Å². The van der Waals surface area contributed by atoms with Gasteiger partial charge in [-0.2, -0.15) is 0 Å². The smallest absolute Gasteiger partial charge is 0.312 e. The first kappa shape index (κ1) is 28.1. The topological polar surface area (TPSA) is 112 Å². The summed E-state index contributed by atoms with van der Waals surface area (Å²) in [5.41, 5.74) is 0. The van der Waals surface area contributed by atoms with E-state index in [-0.39, 0.29) is 24.1 Å². The number of nitrogens with zero attached hydrogens (tertiary/aromatic N) is 1. The molecule has 0 aromatic carbocycles. The Kier molecular flexibility index (Phi) is 14.0. The number of quaternary nitrogens is 1. The van der Waals surface area contributed by atoms with Crippen LogP contribution in [-0.4, -0.2) is 63.9 Å². The fraction of sp³-hybridized carbons (Fsp3) is 0.783. The Labute approximate surface area is 181 Å². The van der Waals surface area contributed by atoms with Gasteiger partial charge in [0.25, 0.3) is 0 Å². The van der Waals surface area contributed by atoms with E-state index < -0.39 is 35.7 Å². The van der Waals surface area contributed by atoms with Gasteiger partial charge in [0.15, 0.2) is 0 Å². The third kappa shape index (κ3) is 10.2. The second-order valence-corrected chi connectivity index (χ2v) is 8.36. The molecule has 0 aliphatic heterocycles. The summed E-state index contributed by atoms with van der Waals surface area (Å²) in [7, 11) is 0. The molecule has 0 fully saturated rings. The van der Waals surface area contributed by atoms with Gasteiger partial charge in [0, 0.05) is 0 Å². The minimum Gasteiger partial charge on any atom is -0.481 e. The molecular formula is C23H42NO6+. The lowest BCUT2D eigenvalue weighted by Gasteiger charge is -2.43. The Morgan fingerprint density at radius 2 is 1.13 bits per heavy atom. The molecule has 0 saturated carbocycles. The fourth-order valence-electron chi connectivity index (χ4n) is 4.10. The standard InChI is InChI=1S/C23H41NO6/c1-5-9-10-11-12-13-14-24(15-18(6-2)21(25)26,16-19(7-3)22(27)28)17-20(8-4)23(29)30/h5,9,18-20H,6-8,10-17H2,1-4H3,(H2-,25,26,27,28,29,30)/p+1/b9-5+. The van der Waals surface area contributed by atoms with E-state index in [0.29, 0.717) is 25.8 Å². The van der Waals surface area contributed by atoms with Crippen LogP contribution in [0.15, 0.2) is 12.2 Å². The van der Waals surface area contributed by atoms with E-state index in [2.05, 4.69) is 6.08 Å². The molecule has 0 radical (unpaired) electrons. The van der Waals surface area contributed by atoms with Crippen LogP contribution in [0.5, 0.6) is 0 Å². The summed E-state index contributed by atoms with van der Waals surface area (Å²) in [6, 6.07) is 0. The Bertz CT molecular complexity index is 500. The molecule has 3 atom stereocenters. The average Bonchev–Trinajstić information content (AvgIpc) is 2.70. The van der Waals surface area contributed by atoms with Crippen LogP contribution in [0, 0.1) is 17.8 Å². The molecule has 0 heterocycles. The van der Waals surface area contributed by atoms with Gasteiger partial charge in [0.1, 0.15) is 17.8 Å². The summed E-state index contributed by atoms with van der Waals surface area (Å²) in [5.74, 6) is -4.57. The van der Waals surface area contributed by atoms with Crippen LogP contribution < -0.4 is 0 Å². The number of carboxylic acids is 3. The first-order valence-electron chi connectivity index (χ1n) is 11.3. The normalized spacial score (nSPS) is 16.7. The maximum absolute atomic E-state index is 11.8. The van der Waals surface area contributed by atoms with Gasteiger partial charge in [-0.3, -0.25) is 14.4 Å². The summed E-state index contributed by atoms with van der Waals surface area (Å²) in [4.78, 5) is 35.4. The summed E-state index contributed by atoms with van der Waals surface area (Å²) in [6.45, 7) is 8.84. The lowest BCUT2D eigenvalue weighted by molar-refractivity contribution is -0.935. The highest BCUT2D eigenvalue weighted by molar-refractivity contribution is 5.71. The molecule has 0 aliphatic rings. The fourth-order valence-corrected chi connectivity index (χ4v) is 4.10. The van der Waals surface area contributed by atoms with Crippen LogP contribution in [-0.2, 0) is 14.4 Å². The minimum absolute atomic E-state index is 0.240. The molecular weight excluding hydrogens is 386 g/mol. The second-order valence-electron chi connectivity index (χ2n) is 8.36. The third-order valence-electron chi connectivity index (χ3n) is 6.09. The van der Waals surface area contributed by atoms with Crippen LogP contribution in [0.4, 0.5) is 0 Å². The van der Waals surface area contributed by atoms with Crippen molar-refractivity contribution in [1.29, 1.82) is 0 Å². The zero-order valence-electron chi connectivity index (χ0n) is 19.2. The highest BCUT2D eigenvalue weighted by Gasteiger charge is 2.40. The van der Waals surface area contributed by atoms with Crippen LogP contribution in [0.2, 0.25) is 0 Å². The molecule has 0 spiro atoms. The number of rotatable bonds is 18. The Morgan fingerprint density at radius 3 is 1.43 bits per heavy atom. The number of allylic oxidation sites excluding steroid dienone is 2. The number of carbonyl (C=O) groups is 3. The van der Waals surface area contributed by atoms with Gasteiger partial charge in [-0.25, -0.2) is 0 Å². The van der Waals surface area contributed by atoms with E-state index in [0.717, 1.165) is 25.7 Å². The van der Waals surface area contributed by atoms with Gasteiger partial charge in [-0.05, 0) is 51.9 Å². The second kappa shape index (κ2) is 15.0. The summed E-state index contributed by atoms with van der Waals surface area (Å²) >= 11 is 0. The van der Waals surface area contributed by atoms with E-state index >= 15 is 0 Å². The number of unbranched alkanes of at least 4 members (excludes halogenated alkanes) is 3. The monoisotopic (exact) mass is 428 g/mol. The number of carboxylic acid groups (broad SMARTS) is 3. The SMILES string of the molecule is C/C=C/CCCCC[N+](CC(CC)C(=O)O)(CC(CC)C(=O)O)CC(CC)C(=O)O. The van der Waals surface area contributed by atoms with Gasteiger partial charge in [-0.1, -0.05) is 32.9 Å². The van der Waals surface area contributed by atoms with Crippen LogP contribution in [0.3, 0.4) is 0 Å². The van der Waals surface area contributed by atoms with E-state index in [1.165, 1.54) is 0 Å². The van der Waals surface area contributed by atoms with E-state index in [1.54, 1.807) is 0 Å². The Morgan fingerprint density at radius 1 is 0.733 bits per heavy atom. The molecule has 3 N–H and O–H groups in total.